The van der Waals surface area contributed by atoms with E-state index in [9.17, 15) is 14.9 Å². The van der Waals surface area contributed by atoms with Crippen molar-refractivity contribution in [1.29, 1.82) is 0 Å². The van der Waals surface area contributed by atoms with Gasteiger partial charge in [-0.3, -0.25) is 19.6 Å². The summed E-state index contributed by atoms with van der Waals surface area (Å²) < 4.78 is 3.58. The summed E-state index contributed by atoms with van der Waals surface area (Å²) in [7, 11) is 1.75. The van der Waals surface area contributed by atoms with Crippen LogP contribution in [0.25, 0.3) is 0 Å². The maximum absolute atomic E-state index is 12.5. The molecule has 0 aliphatic rings. The Kier molecular flexibility index (Phi) is 6.50. The van der Waals surface area contributed by atoms with Crippen LogP contribution in [0.15, 0.2) is 40.6 Å². The van der Waals surface area contributed by atoms with Crippen LogP contribution in [0.5, 0.6) is 0 Å². The quantitative estimate of drug-likeness (QED) is 0.432. The summed E-state index contributed by atoms with van der Waals surface area (Å²) >= 11 is 1.13. The number of nitrogens with one attached hydrogen (secondary N) is 1. The van der Waals surface area contributed by atoms with Crippen LogP contribution in [0.3, 0.4) is 0 Å². The molecule has 0 bridgehead atoms. The first-order valence-corrected chi connectivity index (χ1v) is 10.2. The van der Waals surface area contributed by atoms with Crippen LogP contribution in [0.2, 0.25) is 0 Å². The number of nitrogens with zero attached hydrogens (tertiary/aromatic N) is 6. The fourth-order valence-corrected chi connectivity index (χ4v) is 3.79. The predicted molar refractivity (Wildman–Crippen MR) is 111 cm³/mol. The Bertz CT molecular complexity index is 1080. The normalized spacial score (nSPS) is 12.0. The molecule has 10 nitrogen and oxygen atoms in total. The average molecular weight is 430 g/mol. The minimum absolute atomic E-state index is 0.146. The molecule has 0 spiro atoms. The number of rotatable bonds is 8. The van der Waals surface area contributed by atoms with E-state index in [1.165, 1.54) is 12.4 Å². The molecule has 0 saturated heterocycles. The average Bonchev–Trinajstić information content (AvgIpc) is 3.24. The number of nitro groups is 1. The van der Waals surface area contributed by atoms with Gasteiger partial charge in [0, 0.05) is 37.5 Å². The molecule has 1 amide bonds. The highest BCUT2D eigenvalue weighted by atomic mass is 32.2. The molecule has 30 heavy (non-hydrogen) atoms. The third-order valence-electron chi connectivity index (χ3n) is 4.49. The molecule has 0 aliphatic heterocycles. The summed E-state index contributed by atoms with van der Waals surface area (Å²) in [5.41, 5.74) is 2.11. The first-order chi connectivity index (χ1) is 14.2. The molecule has 2 heterocycles. The van der Waals surface area contributed by atoms with Gasteiger partial charge in [0.25, 0.3) is 11.6 Å². The lowest BCUT2D eigenvalue weighted by molar-refractivity contribution is -0.387. The first-order valence-electron chi connectivity index (χ1n) is 9.34. The number of hydrogen-bond acceptors (Lipinski definition) is 7. The van der Waals surface area contributed by atoms with Crippen molar-refractivity contribution in [2.45, 2.75) is 37.4 Å². The highest BCUT2D eigenvalue weighted by Gasteiger charge is 2.20. The predicted octanol–water partition coefficient (Wildman–Crippen LogP) is 2.75. The summed E-state index contributed by atoms with van der Waals surface area (Å²) in [5, 5.41) is 27.0. The Morgan fingerprint density at radius 2 is 2.10 bits per heavy atom. The van der Waals surface area contributed by atoms with Crippen LogP contribution < -0.4 is 5.32 Å². The topological polar surface area (TPSA) is 121 Å². The van der Waals surface area contributed by atoms with Crippen molar-refractivity contribution in [1.82, 2.24) is 29.9 Å². The van der Waals surface area contributed by atoms with E-state index in [2.05, 4.69) is 20.6 Å². The number of carbonyl (C=O) groups excluding carboxylic acids is 1. The molecule has 11 heteroatoms. The second-order valence-corrected chi connectivity index (χ2v) is 8.20. The Labute approximate surface area is 177 Å². The van der Waals surface area contributed by atoms with Crippen LogP contribution in [0.1, 0.15) is 28.7 Å². The molecule has 3 rings (SSSR count). The molecule has 3 aromatic rings. The molecule has 1 unspecified atom stereocenters. The molecule has 1 aromatic carbocycles. The second kappa shape index (κ2) is 9.08. The zero-order valence-electron chi connectivity index (χ0n) is 17.2. The highest BCUT2D eigenvalue weighted by molar-refractivity contribution is 7.99. The SMILES string of the molecule is Cc1cc(C)n(CC(C)CNC(=O)c2ccc(Sc3nncn3C)c([N+](=O)[O-])c2)n1. The van der Waals surface area contributed by atoms with Gasteiger partial charge in [-0.25, -0.2) is 0 Å². The Morgan fingerprint density at radius 1 is 1.33 bits per heavy atom. The number of aromatic nitrogens is 5. The number of amides is 1. The lowest BCUT2D eigenvalue weighted by Crippen LogP contribution is -2.30. The lowest BCUT2D eigenvalue weighted by Gasteiger charge is -2.14. The number of aryl methyl sites for hydroxylation is 3. The van der Waals surface area contributed by atoms with E-state index in [0.29, 0.717) is 23.1 Å². The van der Waals surface area contributed by atoms with E-state index in [1.54, 1.807) is 23.7 Å². The van der Waals surface area contributed by atoms with Gasteiger partial charge in [0.15, 0.2) is 5.16 Å². The third kappa shape index (κ3) is 5.03. The molecular formula is C19H23N7O3S. The summed E-state index contributed by atoms with van der Waals surface area (Å²) in [5.74, 6) is -0.207. The van der Waals surface area contributed by atoms with Crippen LogP contribution in [-0.2, 0) is 13.6 Å². The monoisotopic (exact) mass is 429 g/mol. The lowest BCUT2D eigenvalue weighted by atomic mass is 10.1. The van der Waals surface area contributed by atoms with Crippen LogP contribution >= 0.6 is 11.8 Å². The van der Waals surface area contributed by atoms with Crippen molar-refractivity contribution in [2.24, 2.45) is 13.0 Å². The van der Waals surface area contributed by atoms with Crippen molar-refractivity contribution in [3.63, 3.8) is 0 Å². The van der Waals surface area contributed by atoms with Crippen molar-refractivity contribution >= 4 is 23.4 Å². The van der Waals surface area contributed by atoms with Crippen molar-refractivity contribution in [3.05, 3.63) is 57.7 Å². The van der Waals surface area contributed by atoms with Crippen molar-refractivity contribution in [2.75, 3.05) is 6.54 Å². The fraction of sp³-hybridized carbons (Fsp3) is 0.368. The summed E-state index contributed by atoms with van der Waals surface area (Å²) in [6.07, 6.45) is 1.52. The number of hydrogen-bond donors (Lipinski definition) is 1. The van der Waals surface area contributed by atoms with Crippen molar-refractivity contribution in [3.8, 4) is 0 Å². The van der Waals surface area contributed by atoms with Gasteiger partial charge >= 0.3 is 0 Å². The summed E-state index contributed by atoms with van der Waals surface area (Å²) in [4.78, 5) is 24.0. The Balaban J connectivity index is 1.66. The van der Waals surface area contributed by atoms with Gasteiger partial charge < -0.3 is 9.88 Å². The fourth-order valence-electron chi connectivity index (χ4n) is 2.94. The van der Waals surface area contributed by atoms with Gasteiger partial charge in [-0.05, 0) is 49.7 Å². The van der Waals surface area contributed by atoms with E-state index < -0.39 is 4.92 Å². The van der Waals surface area contributed by atoms with E-state index in [1.807, 2.05) is 31.5 Å². The number of carbonyl (C=O) groups is 1. The molecule has 1 N–H and O–H groups in total. The molecule has 158 valence electrons. The number of nitro benzene ring substituents is 1. The maximum Gasteiger partial charge on any atom is 0.284 e. The van der Waals surface area contributed by atoms with Gasteiger partial charge in [-0.2, -0.15) is 5.10 Å². The molecule has 0 saturated carbocycles. The zero-order valence-corrected chi connectivity index (χ0v) is 18.0. The third-order valence-corrected chi connectivity index (χ3v) is 5.61. The van der Waals surface area contributed by atoms with E-state index >= 15 is 0 Å². The van der Waals surface area contributed by atoms with Gasteiger partial charge in [0.2, 0.25) is 0 Å². The minimum atomic E-state index is -0.499. The van der Waals surface area contributed by atoms with E-state index in [-0.39, 0.29) is 23.1 Å². The van der Waals surface area contributed by atoms with Crippen LogP contribution in [-0.4, -0.2) is 41.9 Å². The number of benzene rings is 1. The van der Waals surface area contributed by atoms with Crippen LogP contribution in [0, 0.1) is 29.9 Å². The highest BCUT2D eigenvalue weighted by Crippen LogP contribution is 2.34. The summed E-state index contributed by atoms with van der Waals surface area (Å²) in [6.45, 7) is 7.05. The van der Waals surface area contributed by atoms with E-state index in [4.69, 9.17) is 0 Å². The van der Waals surface area contributed by atoms with Crippen molar-refractivity contribution < 1.29 is 9.72 Å². The minimum Gasteiger partial charge on any atom is -0.352 e. The molecule has 2 aromatic heterocycles. The largest absolute Gasteiger partial charge is 0.352 e. The first kappa shape index (κ1) is 21.5. The van der Waals surface area contributed by atoms with Gasteiger partial charge in [0.05, 0.1) is 15.5 Å². The zero-order chi connectivity index (χ0) is 21.8. The van der Waals surface area contributed by atoms with Crippen LogP contribution in [0.4, 0.5) is 5.69 Å². The molecule has 0 aliphatic carbocycles. The standard InChI is InChI=1S/C19H23N7O3S/c1-12(10-25-14(3)7-13(2)23-25)9-20-18(27)15-5-6-17(16(8-15)26(28)29)30-19-22-21-11-24(19)4/h5-8,11-12H,9-10H2,1-4H3,(H,20,27). The molecule has 1 atom stereocenters. The summed E-state index contributed by atoms with van der Waals surface area (Å²) in [6, 6.07) is 6.43. The molecular weight excluding hydrogens is 406 g/mol. The Hall–Kier alpha value is -3.21. The van der Waals surface area contributed by atoms with E-state index in [0.717, 1.165) is 23.1 Å². The molecule has 0 fully saturated rings. The van der Waals surface area contributed by atoms with Gasteiger partial charge in [0.1, 0.15) is 6.33 Å². The smallest absolute Gasteiger partial charge is 0.284 e. The Morgan fingerprint density at radius 3 is 2.70 bits per heavy atom. The molecule has 0 radical (unpaired) electrons. The van der Waals surface area contributed by atoms with Gasteiger partial charge in [-0.1, -0.05) is 6.92 Å². The maximum atomic E-state index is 12.5. The van der Waals surface area contributed by atoms with Gasteiger partial charge in [-0.15, -0.1) is 10.2 Å². The second-order valence-electron chi connectivity index (χ2n) is 7.19.